The minimum absolute atomic E-state index is 0.275. The van der Waals surface area contributed by atoms with Gasteiger partial charge in [-0.3, -0.25) is 4.90 Å². The maximum atomic E-state index is 13.5. The smallest absolute Gasteiger partial charge is 0.180 e. The van der Waals surface area contributed by atoms with E-state index in [-0.39, 0.29) is 5.82 Å². The van der Waals surface area contributed by atoms with Crippen LogP contribution >= 0.6 is 12.0 Å². The molecule has 2 heterocycles. The largest absolute Gasteiger partial charge is 0.497 e. The highest BCUT2D eigenvalue weighted by Crippen LogP contribution is 2.45. The van der Waals surface area contributed by atoms with Crippen LogP contribution in [-0.4, -0.2) is 25.2 Å². The van der Waals surface area contributed by atoms with E-state index in [1.165, 1.54) is 34.4 Å². The fourth-order valence-corrected chi connectivity index (χ4v) is 5.31. The molecule has 1 unspecified atom stereocenters. The van der Waals surface area contributed by atoms with Crippen molar-refractivity contribution in [1.82, 2.24) is 4.90 Å². The van der Waals surface area contributed by atoms with Gasteiger partial charge >= 0.3 is 0 Å². The lowest BCUT2D eigenvalue weighted by atomic mass is 9.83. The molecule has 0 N–H and O–H groups in total. The molecule has 0 radical (unpaired) electrons. The van der Waals surface area contributed by atoms with Crippen molar-refractivity contribution in [1.29, 1.82) is 0 Å². The molecular weight excluding hydrogens is 425 g/mol. The maximum Gasteiger partial charge on any atom is 0.180 e. The second kappa shape index (κ2) is 9.04. The Hall–Kier alpha value is -2.70. The van der Waals surface area contributed by atoms with Gasteiger partial charge in [0.15, 0.2) is 11.5 Å². The van der Waals surface area contributed by atoms with E-state index >= 15 is 0 Å². The predicted octanol–water partition coefficient (Wildman–Crippen LogP) is 5.97. The summed E-state index contributed by atoms with van der Waals surface area (Å²) < 4.78 is 31.0. The Kier molecular flexibility index (Phi) is 5.98. The molecule has 0 fully saturated rings. The van der Waals surface area contributed by atoms with Crippen LogP contribution in [0.5, 0.6) is 17.2 Å². The number of benzene rings is 3. The molecule has 2 aliphatic rings. The minimum atomic E-state index is -0.275. The second-order valence-corrected chi connectivity index (χ2v) is 8.90. The van der Waals surface area contributed by atoms with Crippen LogP contribution in [-0.2, 0) is 19.4 Å². The van der Waals surface area contributed by atoms with Crippen molar-refractivity contribution >= 4 is 12.0 Å². The van der Waals surface area contributed by atoms with Crippen molar-refractivity contribution < 1.29 is 18.0 Å². The van der Waals surface area contributed by atoms with Crippen LogP contribution in [0.25, 0.3) is 0 Å². The van der Waals surface area contributed by atoms with Gasteiger partial charge in [-0.25, -0.2) is 4.39 Å². The zero-order chi connectivity index (χ0) is 22.1. The topological polar surface area (TPSA) is 30.9 Å². The summed E-state index contributed by atoms with van der Waals surface area (Å²) in [7, 11) is 1.72. The Morgan fingerprint density at radius 3 is 2.81 bits per heavy atom. The highest BCUT2D eigenvalue weighted by molar-refractivity contribution is 7.95. The van der Waals surface area contributed by atoms with E-state index in [2.05, 4.69) is 29.2 Å². The molecule has 0 saturated carbocycles. The molecule has 166 valence electrons. The van der Waals surface area contributed by atoms with Crippen LogP contribution in [0.4, 0.5) is 4.39 Å². The number of hydrogen-bond donors (Lipinski definition) is 0. The van der Waals surface area contributed by atoms with Gasteiger partial charge in [0.2, 0.25) is 0 Å². The molecule has 0 amide bonds. The summed E-state index contributed by atoms with van der Waals surface area (Å²) in [5.41, 5.74) is 5.26. The molecule has 2 aliphatic heterocycles. The summed E-state index contributed by atoms with van der Waals surface area (Å²) in [6.45, 7) is 4.37. The van der Waals surface area contributed by atoms with Crippen molar-refractivity contribution in [2.24, 2.45) is 0 Å². The Labute approximate surface area is 192 Å². The van der Waals surface area contributed by atoms with Crippen molar-refractivity contribution in [2.75, 3.05) is 20.3 Å². The van der Waals surface area contributed by atoms with Crippen molar-refractivity contribution in [3.63, 3.8) is 0 Å². The fraction of sp³-hybridized carbons (Fsp3) is 0.308. The fourth-order valence-electron chi connectivity index (χ4n) is 4.70. The van der Waals surface area contributed by atoms with Gasteiger partial charge < -0.3 is 13.7 Å². The first kappa shape index (κ1) is 21.2. The lowest BCUT2D eigenvalue weighted by molar-refractivity contribution is 0.157. The number of rotatable bonds is 6. The molecule has 32 heavy (non-hydrogen) atoms. The van der Waals surface area contributed by atoms with Crippen molar-refractivity contribution in [3.8, 4) is 17.2 Å². The van der Waals surface area contributed by atoms with Crippen LogP contribution in [0.2, 0.25) is 0 Å². The molecule has 0 aliphatic carbocycles. The third kappa shape index (κ3) is 4.05. The van der Waals surface area contributed by atoms with Crippen LogP contribution in [0, 0.1) is 5.82 Å². The summed E-state index contributed by atoms with van der Waals surface area (Å²) in [5.74, 6) is 2.13. The Balaban J connectivity index is 1.43. The number of hydrogen-bond acceptors (Lipinski definition) is 5. The van der Waals surface area contributed by atoms with Gasteiger partial charge in [0.1, 0.15) is 11.6 Å². The average molecular weight is 452 g/mol. The predicted molar refractivity (Wildman–Crippen MR) is 124 cm³/mol. The van der Waals surface area contributed by atoms with E-state index in [9.17, 15) is 4.39 Å². The molecule has 0 spiro atoms. The lowest BCUT2D eigenvalue weighted by Gasteiger charge is -2.42. The molecule has 1 atom stereocenters. The summed E-state index contributed by atoms with van der Waals surface area (Å²) in [4.78, 5) is 3.25. The van der Waals surface area contributed by atoms with Gasteiger partial charge in [0, 0.05) is 24.7 Å². The van der Waals surface area contributed by atoms with Crippen LogP contribution in [0.1, 0.15) is 35.2 Å². The van der Waals surface area contributed by atoms with Crippen molar-refractivity contribution in [2.45, 2.75) is 37.2 Å². The minimum Gasteiger partial charge on any atom is -0.497 e. The van der Waals surface area contributed by atoms with Crippen LogP contribution in [0.3, 0.4) is 0 Å². The summed E-state index contributed by atoms with van der Waals surface area (Å²) in [6.07, 6.45) is 1.94. The molecular formula is C26H26FNO3S. The Morgan fingerprint density at radius 1 is 1.09 bits per heavy atom. The standard InChI is InChI=1S/C26H26FNO3S/c1-3-30-26-23-16-28-12-11-18-13-20(29-2)8-9-22(18)24(28)14-17(23)7-10-25(26)31-32-21-6-4-5-19(27)15-21/h4-10,13,15,24H,3,11-12,14,16H2,1-2H3. The van der Waals surface area contributed by atoms with E-state index in [0.29, 0.717) is 23.3 Å². The van der Waals surface area contributed by atoms with Crippen molar-refractivity contribution in [3.05, 3.63) is 82.7 Å². The zero-order valence-corrected chi connectivity index (χ0v) is 19.1. The van der Waals surface area contributed by atoms with Gasteiger partial charge in [-0.2, -0.15) is 0 Å². The quantitative estimate of drug-likeness (QED) is 0.431. The molecule has 3 aromatic rings. The summed E-state index contributed by atoms with van der Waals surface area (Å²) >= 11 is 1.15. The van der Waals surface area contributed by atoms with Gasteiger partial charge in [-0.15, -0.1) is 0 Å². The zero-order valence-electron chi connectivity index (χ0n) is 18.3. The monoisotopic (exact) mass is 451 g/mol. The highest BCUT2D eigenvalue weighted by Gasteiger charge is 2.34. The third-order valence-electron chi connectivity index (χ3n) is 6.23. The first-order valence-electron chi connectivity index (χ1n) is 10.9. The van der Waals surface area contributed by atoms with E-state index in [4.69, 9.17) is 13.7 Å². The van der Waals surface area contributed by atoms with Crippen LogP contribution in [0.15, 0.2) is 59.5 Å². The molecule has 3 aromatic carbocycles. The number of halogens is 1. The molecule has 5 rings (SSSR count). The van der Waals surface area contributed by atoms with Gasteiger partial charge in [0.25, 0.3) is 0 Å². The van der Waals surface area contributed by atoms with E-state index in [1.54, 1.807) is 13.2 Å². The third-order valence-corrected chi connectivity index (χ3v) is 6.94. The van der Waals surface area contributed by atoms with E-state index < -0.39 is 0 Å². The van der Waals surface area contributed by atoms with Gasteiger partial charge in [-0.1, -0.05) is 18.2 Å². The molecule has 0 bridgehead atoms. The van der Waals surface area contributed by atoms with E-state index in [1.807, 2.05) is 19.1 Å². The Bertz CT molecular complexity index is 1140. The van der Waals surface area contributed by atoms with Crippen LogP contribution < -0.4 is 13.7 Å². The lowest BCUT2D eigenvalue weighted by Crippen LogP contribution is -2.39. The highest BCUT2D eigenvalue weighted by atomic mass is 32.2. The average Bonchev–Trinajstić information content (AvgIpc) is 2.82. The second-order valence-electron chi connectivity index (χ2n) is 8.09. The summed E-state index contributed by atoms with van der Waals surface area (Å²) in [6, 6.07) is 17.3. The summed E-state index contributed by atoms with van der Waals surface area (Å²) in [5, 5.41) is 0. The first-order chi connectivity index (χ1) is 15.7. The molecule has 0 saturated heterocycles. The normalized spacial score (nSPS) is 17.2. The Morgan fingerprint density at radius 2 is 2.00 bits per heavy atom. The number of ether oxygens (including phenoxy) is 2. The SMILES string of the molecule is CCOc1c(OSc2cccc(F)c2)ccc2c1CN1CCc3cc(OC)ccc3C1C2. The number of methoxy groups -OCH3 is 1. The number of nitrogens with zero attached hydrogens (tertiary/aromatic N) is 1. The molecule has 6 heteroatoms. The molecule has 0 aromatic heterocycles. The molecule has 4 nitrogen and oxygen atoms in total. The first-order valence-corrected chi connectivity index (χ1v) is 11.7. The van der Waals surface area contributed by atoms with E-state index in [0.717, 1.165) is 49.5 Å². The van der Waals surface area contributed by atoms with Gasteiger partial charge in [-0.05, 0) is 72.9 Å². The number of fused-ring (bicyclic) bond motifs is 4. The maximum absolute atomic E-state index is 13.5. The van der Waals surface area contributed by atoms with Gasteiger partial charge in [0.05, 0.1) is 30.7 Å².